The fraction of sp³-hybridized carbons (Fsp3) is 0.385. The van der Waals surface area contributed by atoms with Gasteiger partial charge in [-0.1, -0.05) is 18.2 Å². The molecule has 0 atom stereocenters. The first-order chi connectivity index (χ1) is 8.56. The van der Waals surface area contributed by atoms with Gasteiger partial charge in [-0.15, -0.1) is 0 Å². The summed E-state index contributed by atoms with van der Waals surface area (Å²) in [6, 6.07) is 7.63. The lowest BCUT2D eigenvalue weighted by atomic mass is 10.2. The number of rotatable bonds is 4. The second-order valence-corrected chi connectivity index (χ2v) is 3.88. The number of carbonyl (C=O) groups is 2. The second-order valence-electron chi connectivity index (χ2n) is 3.88. The molecule has 0 aliphatic carbocycles. The highest BCUT2D eigenvalue weighted by Crippen LogP contribution is 2.18. The van der Waals surface area contributed by atoms with E-state index in [0.717, 1.165) is 11.3 Å². The van der Waals surface area contributed by atoms with Gasteiger partial charge >= 0.3 is 6.09 Å². The third-order valence-corrected chi connectivity index (χ3v) is 2.58. The van der Waals surface area contributed by atoms with Crippen molar-refractivity contribution >= 4 is 17.7 Å². The molecule has 18 heavy (non-hydrogen) atoms. The number of methoxy groups -OCH3 is 1. The number of ether oxygens (including phenoxy) is 1. The largest absolute Gasteiger partial charge is 0.453 e. The number of nitrogens with one attached hydrogen (secondary N) is 1. The monoisotopic (exact) mass is 250 g/mol. The molecule has 2 amide bonds. The number of benzene rings is 1. The molecule has 0 heterocycles. The number of hydrogen-bond acceptors (Lipinski definition) is 3. The van der Waals surface area contributed by atoms with Crippen LogP contribution in [0.1, 0.15) is 12.5 Å². The number of amides is 2. The molecule has 0 fully saturated rings. The maximum Gasteiger partial charge on any atom is 0.406 e. The molecule has 0 unspecified atom stereocenters. The number of alkyl carbamates (subject to hydrolysis) is 1. The van der Waals surface area contributed by atoms with E-state index >= 15 is 0 Å². The van der Waals surface area contributed by atoms with Crippen LogP contribution in [-0.2, 0) is 9.53 Å². The number of aryl methyl sites for hydroxylation is 1. The zero-order valence-electron chi connectivity index (χ0n) is 10.9. The van der Waals surface area contributed by atoms with Gasteiger partial charge in [0, 0.05) is 25.7 Å². The van der Waals surface area contributed by atoms with Gasteiger partial charge in [-0.3, -0.25) is 4.79 Å². The Bertz CT molecular complexity index is 432. The second kappa shape index (κ2) is 6.64. The Balaban J connectivity index is 2.70. The molecule has 1 rings (SSSR count). The van der Waals surface area contributed by atoms with E-state index in [1.807, 2.05) is 31.2 Å². The summed E-state index contributed by atoms with van der Waals surface area (Å²) in [5.74, 6) is -0.0593. The van der Waals surface area contributed by atoms with E-state index in [9.17, 15) is 9.59 Å². The minimum atomic E-state index is -0.497. The van der Waals surface area contributed by atoms with Crippen molar-refractivity contribution in [1.29, 1.82) is 0 Å². The molecule has 0 aromatic heterocycles. The number of hydrogen-bond donors (Lipinski definition) is 1. The van der Waals surface area contributed by atoms with Gasteiger partial charge in [0.25, 0.3) is 0 Å². The predicted octanol–water partition coefficient (Wildman–Crippen LogP) is 1.70. The first-order valence-corrected chi connectivity index (χ1v) is 5.71. The fourth-order valence-corrected chi connectivity index (χ4v) is 1.66. The lowest BCUT2D eigenvalue weighted by Gasteiger charge is -2.23. The van der Waals surface area contributed by atoms with Gasteiger partial charge in [-0.05, 0) is 18.6 Å². The normalized spacial score (nSPS) is 9.72. The molecule has 1 N–H and O–H groups in total. The van der Waals surface area contributed by atoms with Gasteiger partial charge < -0.3 is 15.0 Å². The van der Waals surface area contributed by atoms with Gasteiger partial charge in [-0.2, -0.15) is 0 Å². The van der Waals surface area contributed by atoms with Crippen LogP contribution in [0.25, 0.3) is 0 Å². The molecule has 0 bridgehead atoms. The molecule has 0 aliphatic rings. The highest BCUT2D eigenvalue weighted by atomic mass is 16.5. The quantitative estimate of drug-likeness (QED) is 0.885. The van der Waals surface area contributed by atoms with Crippen LogP contribution in [0.5, 0.6) is 0 Å². The van der Waals surface area contributed by atoms with Crippen LogP contribution >= 0.6 is 0 Å². The Kier molecular flexibility index (Phi) is 5.17. The predicted molar refractivity (Wildman–Crippen MR) is 69.6 cm³/mol. The van der Waals surface area contributed by atoms with Crippen molar-refractivity contribution in [3.63, 3.8) is 0 Å². The summed E-state index contributed by atoms with van der Waals surface area (Å²) < 4.78 is 4.47. The Morgan fingerprint density at radius 1 is 1.33 bits per heavy atom. The van der Waals surface area contributed by atoms with Crippen LogP contribution in [0, 0.1) is 6.92 Å². The average Bonchev–Trinajstić information content (AvgIpc) is 2.35. The first kappa shape index (κ1) is 14.0. The van der Waals surface area contributed by atoms with Crippen LogP contribution < -0.4 is 10.2 Å². The standard InChI is InChI=1S/C13H18N2O3/c1-10-6-4-5-7-12(10)15(11(2)16)9-8-14-13(17)18-3/h4-7H,8-9H2,1-3H3,(H,14,17). The molecule has 5 heteroatoms. The first-order valence-electron chi connectivity index (χ1n) is 5.71. The van der Waals surface area contributed by atoms with E-state index < -0.39 is 6.09 Å². The maximum atomic E-state index is 11.6. The Hall–Kier alpha value is -2.04. The minimum absolute atomic E-state index is 0.0593. The summed E-state index contributed by atoms with van der Waals surface area (Å²) in [5, 5.41) is 2.55. The van der Waals surface area contributed by atoms with Crippen molar-refractivity contribution in [3.8, 4) is 0 Å². The maximum absolute atomic E-state index is 11.6. The molecule has 0 radical (unpaired) electrons. The van der Waals surface area contributed by atoms with Crippen molar-refractivity contribution < 1.29 is 14.3 Å². The van der Waals surface area contributed by atoms with Crippen LogP contribution in [0.3, 0.4) is 0 Å². The van der Waals surface area contributed by atoms with Gasteiger partial charge in [0.2, 0.25) is 5.91 Å². The number of anilines is 1. The van der Waals surface area contributed by atoms with Crippen molar-refractivity contribution in [2.24, 2.45) is 0 Å². The number of carbonyl (C=O) groups excluding carboxylic acids is 2. The number of nitrogens with zero attached hydrogens (tertiary/aromatic N) is 1. The van der Waals surface area contributed by atoms with Gasteiger partial charge in [-0.25, -0.2) is 4.79 Å². The molecular formula is C13H18N2O3. The molecule has 98 valence electrons. The highest BCUT2D eigenvalue weighted by molar-refractivity contribution is 5.92. The van der Waals surface area contributed by atoms with Crippen LogP contribution in [0.15, 0.2) is 24.3 Å². The highest BCUT2D eigenvalue weighted by Gasteiger charge is 2.13. The van der Waals surface area contributed by atoms with Crippen LogP contribution in [0.2, 0.25) is 0 Å². The molecule has 1 aromatic carbocycles. The summed E-state index contributed by atoms with van der Waals surface area (Å²) in [6.07, 6.45) is -0.497. The summed E-state index contributed by atoms with van der Waals surface area (Å²) >= 11 is 0. The van der Waals surface area contributed by atoms with Crippen LogP contribution in [-0.4, -0.2) is 32.2 Å². The Morgan fingerprint density at radius 3 is 2.56 bits per heavy atom. The van der Waals surface area contributed by atoms with E-state index in [-0.39, 0.29) is 5.91 Å². The van der Waals surface area contributed by atoms with E-state index in [0.29, 0.717) is 13.1 Å². The summed E-state index contributed by atoms with van der Waals surface area (Å²) in [4.78, 5) is 24.2. The lowest BCUT2D eigenvalue weighted by molar-refractivity contribution is -0.116. The van der Waals surface area contributed by atoms with Crippen molar-refractivity contribution in [1.82, 2.24) is 5.32 Å². The zero-order chi connectivity index (χ0) is 13.5. The van der Waals surface area contributed by atoms with E-state index in [4.69, 9.17) is 0 Å². The third-order valence-electron chi connectivity index (χ3n) is 2.58. The third kappa shape index (κ3) is 3.76. The van der Waals surface area contributed by atoms with Gasteiger partial charge in [0.15, 0.2) is 0 Å². The van der Waals surface area contributed by atoms with Crippen molar-refractivity contribution in [3.05, 3.63) is 29.8 Å². The molecule has 0 saturated carbocycles. The lowest BCUT2D eigenvalue weighted by Crippen LogP contribution is -2.37. The van der Waals surface area contributed by atoms with Crippen LogP contribution in [0.4, 0.5) is 10.5 Å². The summed E-state index contributed by atoms with van der Waals surface area (Å²) in [7, 11) is 1.30. The molecule has 0 saturated heterocycles. The van der Waals surface area contributed by atoms with Crippen molar-refractivity contribution in [2.45, 2.75) is 13.8 Å². The molecular weight excluding hydrogens is 232 g/mol. The van der Waals surface area contributed by atoms with Gasteiger partial charge in [0.05, 0.1) is 7.11 Å². The molecule has 1 aromatic rings. The molecule has 0 spiro atoms. The molecule has 5 nitrogen and oxygen atoms in total. The fourth-order valence-electron chi connectivity index (χ4n) is 1.66. The zero-order valence-corrected chi connectivity index (χ0v) is 10.9. The van der Waals surface area contributed by atoms with E-state index in [2.05, 4.69) is 10.1 Å². The Morgan fingerprint density at radius 2 is 2.00 bits per heavy atom. The smallest absolute Gasteiger partial charge is 0.406 e. The van der Waals surface area contributed by atoms with Crippen molar-refractivity contribution in [2.75, 3.05) is 25.1 Å². The Labute approximate surface area is 107 Å². The molecule has 0 aliphatic heterocycles. The summed E-state index contributed by atoms with van der Waals surface area (Å²) in [6.45, 7) is 4.21. The minimum Gasteiger partial charge on any atom is -0.453 e. The number of para-hydroxylation sites is 1. The van der Waals surface area contributed by atoms with E-state index in [1.54, 1.807) is 4.90 Å². The SMILES string of the molecule is COC(=O)NCCN(C(C)=O)c1ccccc1C. The average molecular weight is 250 g/mol. The van der Waals surface area contributed by atoms with E-state index in [1.165, 1.54) is 14.0 Å². The van der Waals surface area contributed by atoms with Gasteiger partial charge in [0.1, 0.15) is 0 Å². The topological polar surface area (TPSA) is 58.6 Å². The summed E-state index contributed by atoms with van der Waals surface area (Å²) in [5.41, 5.74) is 1.88.